The van der Waals surface area contributed by atoms with Gasteiger partial charge in [-0.25, -0.2) is 4.39 Å². The van der Waals surface area contributed by atoms with Crippen LogP contribution in [-0.2, 0) is 11.2 Å². The second-order valence-corrected chi connectivity index (χ2v) is 9.17. The lowest BCUT2D eigenvalue weighted by atomic mass is 9.95. The summed E-state index contributed by atoms with van der Waals surface area (Å²) >= 11 is 0. The molecule has 1 amide bonds. The number of carbonyl (C=O) groups excluding carboxylic acids is 1. The van der Waals surface area contributed by atoms with Crippen molar-refractivity contribution >= 4 is 5.91 Å². The lowest BCUT2D eigenvalue weighted by molar-refractivity contribution is -0.132. The molecule has 2 aliphatic carbocycles. The van der Waals surface area contributed by atoms with Crippen LogP contribution in [0.5, 0.6) is 0 Å². The minimum atomic E-state index is -0.0902. The van der Waals surface area contributed by atoms with E-state index >= 15 is 0 Å². The first-order valence-corrected chi connectivity index (χ1v) is 10.8. The average molecular weight is 373 g/mol. The van der Waals surface area contributed by atoms with Gasteiger partial charge in [0.15, 0.2) is 0 Å². The minimum Gasteiger partial charge on any atom is -0.345 e. The van der Waals surface area contributed by atoms with Crippen molar-refractivity contribution in [1.29, 1.82) is 0 Å². The first-order valence-electron chi connectivity index (χ1n) is 10.8. The highest BCUT2D eigenvalue weighted by Crippen LogP contribution is 2.63. The van der Waals surface area contributed by atoms with E-state index in [1.54, 1.807) is 12.1 Å². The molecule has 0 bridgehead atoms. The minimum absolute atomic E-state index is 0.0902. The molecular weight excluding hydrogens is 339 g/mol. The van der Waals surface area contributed by atoms with Crippen LogP contribution in [0, 0.1) is 23.1 Å². The largest absolute Gasteiger partial charge is 0.345 e. The van der Waals surface area contributed by atoms with E-state index in [4.69, 9.17) is 0 Å². The van der Waals surface area contributed by atoms with Crippen molar-refractivity contribution in [3.8, 4) is 0 Å². The molecule has 1 heterocycles. The molecule has 1 aromatic rings. The van der Waals surface area contributed by atoms with Crippen molar-refractivity contribution in [2.45, 2.75) is 51.4 Å². The summed E-state index contributed by atoms with van der Waals surface area (Å²) in [6.07, 6.45) is 9.40. The van der Waals surface area contributed by atoms with Gasteiger partial charge in [-0.1, -0.05) is 31.0 Å². The van der Waals surface area contributed by atoms with Gasteiger partial charge in [0, 0.05) is 26.1 Å². The van der Waals surface area contributed by atoms with Gasteiger partial charge in [0.05, 0.1) is 0 Å². The number of amides is 1. The van der Waals surface area contributed by atoms with Crippen LogP contribution >= 0.6 is 0 Å². The van der Waals surface area contributed by atoms with Crippen LogP contribution in [0.1, 0.15) is 50.5 Å². The molecule has 3 aliphatic rings. The monoisotopic (exact) mass is 372 g/mol. The summed E-state index contributed by atoms with van der Waals surface area (Å²) in [5.41, 5.74) is 1.22. The summed E-state index contributed by atoms with van der Waals surface area (Å²) in [6, 6.07) is 7.09. The molecular formula is C23H33FN2O. The quantitative estimate of drug-likeness (QED) is 0.750. The molecule has 1 aromatic carbocycles. The smallest absolute Gasteiger partial charge is 0.226 e. The third-order valence-electron chi connectivity index (χ3n) is 7.36. The molecule has 0 aromatic heterocycles. The molecule has 27 heavy (non-hydrogen) atoms. The van der Waals surface area contributed by atoms with E-state index in [9.17, 15) is 9.18 Å². The fraction of sp³-hybridized carbons (Fsp3) is 0.696. The number of halogens is 1. The van der Waals surface area contributed by atoms with Crippen LogP contribution in [0.2, 0.25) is 0 Å². The third-order valence-corrected chi connectivity index (χ3v) is 7.36. The Morgan fingerprint density at radius 2 is 1.93 bits per heavy atom. The molecule has 148 valence electrons. The number of piperidine rings is 1. The maximum Gasteiger partial charge on any atom is 0.226 e. The van der Waals surface area contributed by atoms with Crippen LogP contribution in [-0.4, -0.2) is 48.9 Å². The molecule has 0 radical (unpaired) electrons. The second-order valence-electron chi connectivity index (χ2n) is 9.17. The van der Waals surface area contributed by atoms with E-state index in [0.717, 1.165) is 57.4 Å². The Kier molecular flexibility index (Phi) is 5.54. The maximum absolute atomic E-state index is 13.7. The van der Waals surface area contributed by atoms with Crippen LogP contribution in [0.25, 0.3) is 0 Å². The fourth-order valence-corrected chi connectivity index (χ4v) is 5.44. The topological polar surface area (TPSA) is 23.6 Å². The normalized spacial score (nSPS) is 25.0. The number of rotatable bonds is 6. The van der Waals surface area contributed by atoms with E-state index in [-0.39, 0.29) is 5.82 Å². The standard InChI is InChI=1S/C23H33FN2O/c1-25(22(27)20-16-23(20)11-4-5-12-23)17-18-8-13-26(14-9-18)15-10-19-6-2-3-7-21(19)24/h2-3,6-7,18,20H,4-5,8-17H2,1H3/t20-/m0/s1. The molecule has 0 N–H and O–H groups in total. The highest BCUT2D eigenvalue weighted by Gasteiger charge is 2.59. The van der Waals surface area contributed by atoms with Crippen molar-refractivity contribution < 1.29 is 9.18 Å². The molecule has 4 heteroatoms. The summed E-state index contributed by atoms with van der Waals surface area (Å²) < 4.78 is 13.7. The third kappa shape index (κ3) is 4.21. The van der Waals surface area contributed by atoms with Gasteiger partial charge in [0.25, 0.3) is 0 Å². The van der Waals surface area contributed by atoms with Gasteiger partial charge >= 0.3 is 0 Å². The summed E-state index contributed by atoms with van der Waals surface area (Å²) in [5.74, 6) is 1.25. The van der Waals surface area contributed by atoms with Crippen LogP contribution in [0.4, 0.5) is 4.39 Å². The molecule has 1 atom stereocenters. The Morgan fingerprint density at radius 1 is 1.22 bits per heavy atom. The summed E-state index contributed by atoms with van der Waals surface area (Å²) in [6.45, 7) is 3.96. The van der Waals surface area contributed by atoms with E-state index < -0.39 is 0 Å². The SMILES string of the molecule is CN(CC1CCN(CCc2ccccc2F)CC1)C(=O)[C@@H]1CC12CCCC2. The van der Waals surface area contributed by atoms with Crippen LogP contribution in [0.3, 0.4) is 0 Å². The Hall–Kier alpha value is -1.42. The molecule has 3 fully saturated rings. The first-order chi connectivity index (χ1) is 13.1. The molecule has 1 spiro atoms. The Balaban J connectivity index is 1.18. The number of benzene rings is 1. The van der Waals surface area contributed by atoms with Crippen molar-refractivity contribution in [3.05, 3.63) is 35.6 Å². The van der Waals surface area contributed by atoms with E-state index in [1.807, 2.05) is 24.1 Å². The van der Waals surface area contributed by atoms with Crippen molar-refractivity contribution in [3.63, 3.8) is 0 Å². The van der Waals surface area contributed by atoms with Crippen molar-refractivity contribution in [2.24, 2.45) is 17.3 Å². The number of carbonyl (C=O) groups is 1. The van der Waals surface area contributed by atoms with Gasteiger partial charge in [-0.3, -0.25) is 4.79 Å². The number of nitrogens with zero attached hydrogens (tertiary/aromatic N) is 2. The predicted octanol–water partition coefficient (Wildman–Crippen LogP) is 4.12. The van der Waals surface area contributed by atoms with Gasteiger partial charge in [0.2, 0.25) is 5.91 Å². The zero-order valence-electron chi connectivity index (χ0n) is 16.6. The van der Waals surface area contributed by atoms with Crippen LogP contribution < -0.4 is 0 Å². The summed E-state index contributed by atoms with van der Waals surface area (Å²) in [7, 11) is 2.01. The molecule has 1 aliphatic heterocycles. The second kappa shape index (κ2) is 7.90. The van der Waals surface area contributed by atoms with Gasteiger partial charge in [-0.15, -0.1) is 0 Å². The lowest BCUT2D eigenvalue weighted by Crippen LogP contribution is -2.40. The van der Waals surface area contributed by atoms with Crippen LogP contribution in [0.15, 0.2) is 24.3 Å². The Morgan fingerprint density at radius 3 is 2.63 bits per heavy atom. The average Bonchev–Trinajstić information content (AvgIpc) is 3.17. The lowest BCUT2D eigenvalue weighted by Gasteiger charge is -2.34. The van der Waals surface area contributed by atoms with Crippen molar-refractivity contribution in [2.75, 3.05) is 33.2 Å². The highest BCUT2D eigenvalue weighted by molar-refractivity contribution is 5.82. The zero-order chi connectivity index (χ0) is 18.9. The van der Waals surface area contributed by atoms with Gasteiger partial charge in [-0.05, 0) is 74.6 Å². The molecule has 2 saturated carbocycles. The zero-order valence-corrected chi connectivity index (χ0v) is 16.6. The molecule has 0 unspecified atom stereocenters. The Labute approximate surface area is 162 Å². The predicted molar refractivity (Wildman–Crippen MR) is 106 cm³/mol. The van der Waals surface area contributed by atoms with Gasteiger partial charge in [0.1, 0.15) is 5.82 Å². The first kappa shape index (κ1) is 18.9. The van der Waals surface area contributed by atoms with E-state index in [0.29, 0.717) is 23.2 Å². The molecule has 1 saturated heterocycles. The number of likely N-dealkylation sites (tertiary alicyclic amines) is 1. The molecule has 4 rings (SSSR count). The Bertz CT molecular complexity index is 662. The molecule has 3 nitrogen and oxygen atoms in total. The van der Waals surface area contributed by atoms with Gasteiger partial charge < -0.3 is 9.80 Å². The van der Waals surface area contributed by atoms with Gasteiger partial charge in [-0.2, -0.15) is 0 Å². The van der Waals surface area contributed by atoms with Crippen molar-refractivity contribution in [1.82, 2.24) is 9.80 Å². The summed E-state index contributed by atoms with van der Waals surface area (Å²) in [5, 5.41) is 0. The maximum atomic E-state index is 13.7. The number of hydrogen-bond donors (Lipinski definition) is 0. The fourth-order valence-electron chi connectivity index (χ4n) is 5.44. The van der Waals surface area contributed by atoms with E-state index in [2.05, 4.69) is 4.90 Å². The highest BCUT2D eigenvalue weighted by atomic mass is 19.1. The summed E-state index contributed by atoms with van der Waals surface area (Å²) in [4.78, 5) is 17.2. The van der Waals surface area contributed by atoms with E-state index in [1.165, 1.54) is 25.7 Å². The number of hydrogen-bond acceptors (Lipinski definition) is 2.